The first-order chi connectivity index (χ1) is 8.28. The maximum absolute atomic E-state index is 8.64. The van der Waals surface area contributed by atoms with Gasteiger partial charge in [-0.05, 0) is 17.7 Å². The fourth-order valence-corrected chi connectivity index (χ4v) is 2.55. The van der Waals surface area contributed by atoms with Gasteiger partial charge in [-0.15, -0.1) is 0 Å². The number of nitriles is 1. The van der Waals surface area contributed by atoms with Crippen LogP contribution in [0.15, 0.2) is 28.7 Å². The lowest BCUT2D eigenvalue weighted by Crippen LogP contribution is -2.45. The molecule has 0 saturated carbocycles. The number of hydrogen-bond acceptors (Lipinski definition) is 3. The van der Waals surface area contributed by atoms with E-state index in [1.165, 1.54) is 5.56 Å². The van der Waals surface area contributed by atoms with Crippen molar-refractivity contribution in [3.63, 3.8) is 0 Å². The van der Waals surface area contributed by atoms with Crippen molar-refractivity contribution in [3.8, 4) is 6.07 Å². The lowest BCUT2D eigenvalue weighted by atomic mass is 10.2. The van der Waals surface area contributed by atoms with E-state index in [0.717, 1.165) is 37.2 Å². The Morgan fingerprint density at radius 2 is 1.88 bits per heavy atom. The van der Waals surface area contributed by atoms with E-state index in [9.17, 15) is 0 Å². The van der Waals surface area contributed by atoms with Crippen LogP contribution in [0.1, 0.15) is 5.56 Å². The van der Waals surface area contributed by atoms with Crippen LogP contribution >= 0.6 is 15.9 Å². The average Bonchev–Trinajstić information content (AvgIpc) is 2.32. The van der Waals surface area contributed by atoms with Crippen LogP contribution in [-0.4, -0.2) is 42.5 Å². The number of hydrogen-bond donors (Lipinski definition) is 0. The van der Waals surface area contributed by atoms with Crippen LogP contribution in [0.2, 0.25) is 0 Å². The fourth-order valence-electron chi connectivity index (χ4n) is 2.10. The second kappa shape index (κ2) is 6.15. The topological polar surface area (TPSA) is 30.3 Å². The number of benzene rings is 1. The van der Waals surface area contributed by atoms with Gasteiger partial charge in [0.1, 0.15) is 0 Å². The maximum atomic E-state index is 8.64. The highest BCUT2D eigenvalue weighted by molar-refractivity contribution is 9.10. The minimum absolute atomic E-state index is 0.560. The Morgan fingerprint density at radius 1 is 1.18 bits per heavy atom. The van der Waals surface area contributed by atoms with Crippen molar-refractivity contribution in [2.75, 3.05) is 32.7 Å². The highest BCUT2D eigenvalue weighted by atomic mass is 79.9. The van der Waals surface area contributed by atoms with Crippen LogP contribution in [0.5, 0.6) is 0 Å². The first kappa shape index (κ1) is 12.6. The second-order valence-corrected chi connectivity index (χ2v) is 5.26. The highest BCUT2D eigenvalue weighted by Crippen LogP contribution is 2.14. The quantitative estimate of drug-likeness (QED) is 0.800. The zero-order valence-electron chi connectivity index (χ0n) is 9.77. The Hall–Kier alpha value is -0.890. The van der Waals surface area contributed by atoms with Crippen molar-refractivity contribution in [3.05, 3.63) is 34.3 Å². The molecule has 0 aromatic heterocycles. The molecular weight excluding hydrogens is 278 g/mol. The van der Waals surface area contributed by atoms with E-state index < -0.39 is 0 Å². The van der Waals surface area contributed by atoms with Crippen molar-refractivity contribution in [1.82, 2.24) is 9.80 Å². The fraction of sp³-hybridized carbons (Fsp3) is 0.462. The van der Waals surface area contributed by atoms with Gasteiger partial charge in [-0.25, -0.2) is 0 Å². The van der Waals surface area contributed by atoms with Crippen LogP contribution in [0.25, 0.3) is 0 Å². The molecule has 90 valence electrons. The number of rotatable bonds is 3. The van der Waals surface area contributed by atoms with Gasteiger partial charge >= 0.3 is 0 Å². The molecule has 0 radical (unpaired) electrons. The van der Waals surface area contributed by atoms with E-state index in [0.29, 0.717) is 6.54 Å². The third-order valence-electron chi connectivity index (χ3n) is 3.05. The molecule has 4 heteroatoms. The summed E-state index contributed by atoms with van der Waals surface area (Å²) in [5, 5.41) is 8.64. The molecule has 0 spiro atoms. The number of halogens is 1. The summed E-state index contributed by atoms with van der Waals surface area (Å²) < 4.78 is 1.14. The molecule has 2 rings (SSSR count). The summed E-state index contributed by atoms with van der Waals surface area (Å²) in [6.07, 6.45) is 0. The Bertz CT molecular complexity index is 405. The number of piperazine rings is 1. The van der Waals surface area contributed by atoms with E-state index in [2.05, 4.69) is 50.0 Å². The van der Waals surface area contributed by atoms with E-state index >= 15 is 0 Å². The highest BCUT2D eigenvalue weighted by Gasteiger charge is 2.16. The third-order valence-corrected chi connectivity index (χ3v) is 3.55. The van der Waals surface area contributed by atoms with Gasteiger partial charge in [0, 0.05) is 37.2 Å². The molecule has 1 heterocycles. The maximum Gasteiger partial charge on any atom is 0.0866 e. The molecule has 1 aliphatic rings. The van der Waals surface area contributed by atoms with Gasteiger partial charge in [0.15, 0.2) is 0 Å². The standard InChI is InChI=1S/C13H16BrN3/c14-13-3-1-2-12(10-13)11-17-8-6-16(5-4-15)7-9-17/h1-3,10H,5-9,11H2. The molecular formula is C13H16BrN3. The van der Waals surface area contributed by atoms with Crippen LogP contribution in [-0.2, 0) is 6.54 Å². The molecule has 0 bridgehead atoms. The molecule has 0 amide bonds. The Morgan fingerprint density at radius 3 is 2.53 bits per heavy atom. The third kappa shape index (κ3) is 3.81. The molecule has 1 saturated heterocycles. The lowest BCUT2D eigenvalue weighted by molar-refractivity contribution is 0.138. The van der Waals surface area contributed by atoms with Gasteiger partial charge in [-0.1, -0.05) is 28.1 Å². The molecule has 0 atom stereocenters. The Kier molecular flexibility index (Phi) is 4.55. The predicted molar refractivity (Wildman–Crippen MR) is 71.5 cm³/mol. The summed E-state index contributed by atoms with van der Waals surface area (Å²) in [4.78, 5) is 4.65. The van der Waals surface area contributed by atoms with Crippen LogP contribution in [0, 0.1) is 11.3 Å². The van der Waals surface area contributed by atoms with Crippen molar-refractivity contribution in [2.24, 2.45) is 0 Å². The van der Waals surface area contributed by atoms with Gasteiger partial charge in [0.25, 0.3) is 0 Å². The summed E-state index contributed by atoms with van der Waals surface area (Å²) >= 11 is 3.49. The van der Waals surface area contributed by atoms with Crippen LogP contribution in [0.3, 0.4) is 0 Å². The SMILES string of the molecule is N#CCN1CCN(Cc2cccc(Br)c2)CC1. The molecule has 1 aromatic carbocycles. The van der Waals surface area contributed by atoms with Crippen molar-refractivity contribution >= 4 is 15.9 Å². The van der Waals surface area contributed by atoms with Crippen molar-refractivity contribution < 1.29 is 0 Å². The average molecular weight is 294 g/mol. The predicted octanol–water partition coefficient (Wildman–Crippen LogP) is 2.09. The first-order valence-corrected chi connectivity index (χ1v) is 6.63. The van der Waals surface area contributed by atoms with E-state index in [1.807, 2.05) is 6.07 Å². The van der Waals surface area contributed by atoms with E-state index in [4.69, 9.17) is 5.26 Å². The molecule has 1 aliphatic heterocycles. The van der Waals surface area contributed by atoms with Crippen molar-refractivity contribution in [1.29, 1.82) is 5.26 Å². The van der Waals surface area contributed by atoms with Gasteiger partial charge in [-0.3, -0.25) is 9.80 Å². The minimum Gasteiger partial charge on any atom is -0.297 e. The van der Waals surface area contributed by atoms with Crippen LogP contribution in [0.4, 0.5) is 0 Å². The molecule has 0 aliphatic carbocycles. The van der Waals surface area contributed by atoms with Crippen molar-refractivity contribution in [2.45, 2.75) is 6.54 Å². The van der Waals surface area contributed by atoms with Gasteiger partial charge in [0.2, 0.25) is 0 Å². The first-order valence-electron chi connectivity index (χ1n) is 5.84. The molecule has 1 aromatic rings. The summed E-state index contributed by atoms with van der Waals surface area (Å²) in [5.41, 5.74) is 1.34. The molecule has 3 nitrogen and oxygen atoms in total. The summed E-state index contributed by atoms with van der Waals surface area (Å²) in [7, 11) is 0. The van der Waals surface area contributed by atoms with Crippen LogP contribution < -0.4 is 0 Å². The normalized spacial score (nSPS) is 17.9. The monoisotopic (exact) mass is 293 g/mol. The lowest BCUT2D eigenvalue weighted by Gasteiger charge is -2.33. The smallest absolute Gasteiger partial charge is 0.0866 e. The molecule has 17 heavy (non-hydrogen) atoms. The zero-order chi connectivity index (χ0) is 12.1. The number of nitrogens with zero attached hydrogens (tertiary/aromatic N) is 3. The van der Waals surface area contributed by atoms with Gasteiger partial charge in [0.05, 0.1) is 12.6 Å². The molecule has 0 N–H and O–H groups in total. The van der Waals surface area contributed by atoms with E-state index in [1.54, 1.807) is 0 Å². The summed E-state index contributed by atoms with van der Waals surface area (Å²) in [6.45, 7) is 5.66. The summed E-state index contributed by atoms with van der Waals surface area (Å²) in [6, 6.07) is 10.7. The largest absolute Gasteiger partial charge is 0.297 e. The second-order valence-electron chi connectivity index (χ2n) is 4.34. The zero-order valence-corrected chi connectivity index (χ0v) is 11.4. The van der Waals surface area contributed by atoms with Gasteiger partial charge in [-0.2, -0.15) is 5.26 Å². The minimum atomic E-state index is 0.560. The Balaban J connectivity index is 1.84. The summed E-state index contributed by atoms with van der Waals surface area (Å²) in [5.74, 6) is 0. The van der Waals surface area contributed by atoms with Gasteiger partial charge < -0.3 is 0 Å². The molecule has 1 fully saturated rings. The molecule has 0 unspecified atom stereocenters. The Labute approximate surface area is 111 Å². The van der Waals surface area contributed by atoms with E-state index in [-0.39, 0.29) is 0 Å².